The molecular formula is C33H44N6O6. The lowest BCUT2D eigenvalue weighted by Crippen LogP contribution is -2.56. The second-order valence-electron chi connectivity index (χ2n) is 11.9. The number of amides is 3. The van der Waals surface area contributed by atoms with Crippen LogP contribution in [0.5, 0.6) is 0 Å². The van der Waals surface area contributed by atoms with Crippen LogP contribution in [0, 0.1) is 17.8 Å². The number of carbonyl (C=O) groups excluding carboxylic acids is 4. The second kappa shape index (κ2) is 14.7. The summed E-state index contributed by atoms with van der Waals surface area (Å²) >= 11 is 0. The van der Waals surface area contributed by atoms with Gasteiger partial charge in [0.05, 0.1) is 19.1 Å². The number of aromatic nitrogens is 2. The molecule has 45 heavy (non-hydrogen) atoms. The average Bonchev–Trinajstić information content (AvgIpc) is 3.57. The Kier molecular flexibility index (Phi) is 10.5. The summed E-state index contributed by atoms with van der Waals surface area (Å²) in [5, 5.41) is 2.94. The predicted octanol–water partition coefficient (Wildman–Crippen LogP) is 3.37. The Morgan fingerprint density at radius 2 is 1.60 bits per heavy atom. The van der Waals surface area contributed by atoms with Crippen LogP contribution < -0.4 is 10.2 Å². The smallest absolute Gasteiger partial charge is 0.409 e. The number of hydrogen-bond acceptors (Lipinski definition) is 9. The van der Waals surface area contributed by atoms with Crippen molar-refractivity contribution < 1.29 is 28.7 Å². The molecule has 4 atom stereocenters. The van der Waals surface area contributed by atoms with Crippen molar-refractivity contribution >= 4 is 29.7 Å². The fourth-order valence-corrected chi connectivity index (χ4v) is 6.23. The summed E-state index contributed by atoms with van der Waals surface area (Å²) in [6.07, 6.45) is 2.58. The number of fused-ring (bicyclic) bond motifs is 1. The van der Waals surface area contributed by atoms with Crippen molar-refractivity contribution in [3.05, 3.63) is 42.1 Å². The molecule has 3 heterocycles. The minimum Gasteiger partial charge on any atom is -0.466 e. The zero-order valence-corrected chi connectivity index (χ0v) is 26.4. The van der Waals surface area contributed by atoms with Gasteiger partial charge in [0.2, 0.25) is 5.91 Å². The molecule has 0 spiro atoms. The number of ether oxygens (including phenoxy) is 2. The molecule has 1 aliphatic carbocycles. The van der Waals surface area contributed by atoms with Crippen LogP contribution >= 0.6 is 0 Å². The third-order valence-electron chi connectivity index (χ3n) is 8.81. The molecule has 3 aliphatic rings. The Labute approximate surface area is 264 Å². The Morgan fingerprint density at radius 3 is 2.24 bits per heavy atom. The zero-order chi connectivity index (χ0) is 31.9. The van der Waals surface area contributed by atoms with E-state index in [1.807, 2.05) is 51.1 Å². The van der Waals surface area contributed by atoms with E-state index in [2.05, 4.69) is 15.2 Å². The number of rotatable bonds is 12. The summed E-state index contributed by atoms with van der Waals surface area (Å²) < 4.78 is 10.6. The van der Waals surface area contributed by atoms with E-state index in [1.165, 1.54) is 0 Å². The molecule has 2 saturated heterocycles. The monoisotopic (exact) mass is 620 g/mol. The lowest BCUT2D eigenvalue weighted by Gasteiger charge is -2.36. The van der Waals surface area contributed by atoms with Gasteiger partial charge in [-0.15, -0.1) is 0 Å². The minimum absolute atomic E-state index is 0.0752. The molecule has 1 aromatic heterocycles. The second-order valence-corrected chi connectivity index (χ2v) is 11.9. The molecule has 242 valence electrons. The molecule has 1 aromatic carbocycles. The highest BCUT2D eigenvalue weighted by atomic mass is 16.6. The largest absolute Gasteiger partial charge is 0.466 e. The van der Waals surface area contributed by atoms with Gasteiger partial charge in [0.15, 0.2) is 5.82 Å². The minimum atomic E-state index is -0.728. The van der Waals surface area contributed by atoms with Gasteiger partial charge in [-0.25, -0.2) is 14.8 Å². The van der Waals surface area contributed by atoms with E-state index in [0.717, 1.165) is 18.4 Å². The number of carbonyl (C=O) groups is 4. The van der Waals surface area contributed by atoms with Crippen LogP contribution in [0.15, 0.2) is 36.4 Å². The summed E-state index contributed by atoms with van der Waals surface area (Å²) in [6, 6.07) is 10.4. The van der Waals surface area contributed by atoms with Gasteiger partial charge in [0.1, 0.15) is 17.6 Å². The highest BCUT2D eigenvalue weighted by Crippen LogP contribution is 2.53. The van der Waals surface area contributed by atoms with Crippen LogP contribution in [0.4, 0.5) is 10.6 Å². The molecule has 0 bridgehead atoms. The zero-order valence-electron chi connectivity index (χ0n) is 26.4. The van der Waals surface area contributed by atoms with Crippen molar-refractivity contribution in [2.45, 2.75) is 52.5 Å². The van der Waals surface area contributed by atoms with E-state index in [9.17, 15) is 19.2 Å². The predicted molar refractivity (Wildman–Crippen MR) is 167 cm³/mol. The number of esters is 1. The van der Waals surface area contributed by atoms with Crippen LogP contribution in [-0.4, -0.2) is 102 Å². The molecule has 0 radical (unpaired) electrons. The van der Waals surface area contributed by atoms with E-state index >= 15 is 0 Å². The van der Waals surface area contributed by atoms with E-state index in [1.54, 1.807) is 15.9 Å². The third-order valence-corrected chi connectivity index (χ3v) is 8.81. The molecular weight excluding hydrogens is 576 g/mol. The van der Waals surface area contributed by atoms with Gasteiger partial charge in [-0.05, 0) is 31.6 Å². The number of piperidine rings is 1. The number of anilines is 1. The summed E-state index contributed by atoms with van der Waals surface area (Å²) in [6.45, 7) is 9.39. The Balaban J connectivity index is 1.27. The van der Waals surface area contributed by atoms with Crippen molar-refractivity contribution in [2.24, 2.45) is 17.8 Å². The van der Waals surface area contributed by atoms with E-state index in [0.29, 0.717) is 77.0 Å². The number of benzene rings is 1. The highest BCUT2D eigenvalue weighted by molar-refractivity contribution is 5.97. The van der Waals surface area contributed by atoms with Crippen LogP contribution in [0.2, 0.25) is 0 Å². The maximum Gasteiger partial charge on any atom is 0.409 e. The van der Waals surface area contributed by atoms with Crippen LogP contribution in [0.3, 0.4) is 0 Å². The van der Waals surface area contributed by atoms with Crippen molar-refractivity contribution in [1.29, 1.82) is 0 Å². The molecule has 1 saturated carbocycles. The number of piperazine rings is 1. The molecule has 5 rings (SSSR count). The fourth-order valence-electron chi connectivity index (χ4n) is 6.23. The molecule has 3 fully saturated rings. The number of nitrogens with one attached hydrogen (secondary N) is 1. The first-order valence-corrected chi connectivity index (χ1v) is 16.2. The van der Waals surface area contributed by atoms with Crippen molar-refractivity contribution in [3.63, 3.8) is 0 Å². The lowest BCUT2D eigenvalue weighted by atomic mass is 10.1. The van der Waals surface area contributed by atoms with Gasteiger partial charge >= 0.3 is 12.1 Å². The van der Waals surface area contributed by atoms with E-state index < -0.39 is 11.9 Å². The van der Waals surface area contributed by atoms with Gasteiger partial charge in [-0.2, -0.15) is 0 Å². The number of nitrogens with zero attached hydrogens (tertiary/aromatic N) is 5. The van der Waals surface area contributed by atoms with Crippen molar-refractivity contribution in [2.75, 3.05) is 57.4 Å². The molecule has 12 nitrogen and oxygen atoms in total. The van der Waals surface area contributed by atoms with Crippen LogP contribution in [-0.2, 0) is 19.1 Å². The van der Waals surface area contributed by atoms with Gasteiger partial charge in [-0.1, -0.05) is 57.0 Å². The average molecular weight is 621 g/mol. The maximum atomic E-state index is 13.7. The van der Waals surface area contributed by atoms with Crippen molar-refractivity contribution in [3.8, 4) is 11.4 Å². The standard InChI is InChI=1S/C33H44N6O6/c1-4-7-18-45-33(43)38-16-14-37(15-17-38)31(41)25(11-5-2)35-30(40)26-19-27(36-29(34-26)22-12-9-8-10-13-22)39-20-23-24(21-39)28(23)32(42)44-6-3/h8-10,12-13,19,23-25,28H,4-7,11,14-18,20-21H2,1-3H3,(H,35,40)/t23-,24+,25-,28?/m0/s1. The first kappa shape index (κ1) is 32.2. The summed E-state index contributed by atoms with van der Waals surface area (Å²) in [5.41, 5.74) is 0.948. The van der Waals surface area contributed by atoms with Gasteiger partial charge < -0.3 is 29.5 Å². The first-order chi connectivity index (χ1) is 21.8. The molecule has 1 N–H and O–H groups in total. The highest BCUT2D eigenvalue weighted by Gasteiger charge is 2.60. The molecule has 3 amide bonds. The number of unbranched alkanes of at least 4 members (excludes halogenated alkanes) is 1. The molecule has 12 heteroatoms. The quantitative estimate of drug-likeness (QED) is 0.280. The van der Waals surface area contributed by atoms with Gasteiger partial charge in [-0.3, -0.25) is 14.4 Å². The van der Waals surface area contributed by atoms with Crippen molar-refractivity contribution in [1.82, 2.24) is 25.1 Å². The normalized spacial score (nSPS) is 21.1. The summed E-state index contributed by atoms with van der Waals surface area (Å²) in [7, 11) is 0. The lowest BCUT2D eigenvalue weighted by molar-refractivity contribution is -0.145. The third kappa shape index (κ3) is 7.54. The topological polar surface area (TPSA) is 134 Å². The molecule has 2 aliphatic heterocycles. The summed E-state index contributed by atoms with van der Waals surface area (Å²) in [4.78, 5) is 66.7. The molecule has 2 aromatic rings. The fraction of sp³-hybridized carbons (Fsp3) is 0.576. The van der Waals surface area contributed by atoms with Gasteiger partial charge in [0, 0.05) is 50.9 Å². The Bertz CT molecular complexity index is 1350. The maximum absolute atomic E-state index is 13.7. The Morgan fingerprint density at radius 1 is 0.911 bits per heavy atom. The van der Waals surface area contributed by atoms with E-state index in [-0.39, 0.29) is 41.4 Å². The molecule has 1 unspecified atom stereocenters. The van der Waals surface area contributed by atoms with Gasteiger partial charge in [0.25, 0.3) is 5.91 Å². The SMILES string of the molecule is CCCCOC(=O)N1CCN(C(=O)[C@H](CCC)NC(=O)c2cc(N3C[C@@H]4C(C(=O)OCC)[C@@H]4C3)nc(-c3ccccc3)n2)CC1. The summed E-state index contributed by atoms with van der Waals surface area (Å²) in [5.74, 6) is 0.614. The van der Waals surface area contributed by atoms with Crippen LogP contribution in [0.25, 0.3) is 11.4 Å². The Hall–Kier alpha value is -4.22. The van der Waals surface area contributed by atoms with E-state index in [4.69, 9.17) is 14.5 Å². The number of hydrogen-bond donors (Lipinski definition) is 1. The van der Waals surface area contributed by atoms with Crippen LogP contribution in [0.1, 0.15) is 56.9 Å². The first-order valence-electron chi connectivity index (χ1n) is 16.2.